The SMILES string of the molecule is CN=C(NC1CCCC1)NC1CC1c1ccccc1F.I. The number of hydrogen-bond acceptors (Lipinski definition) is 1. The van der Waals surface area contributed by atoms with Gasteiger partial charge in [0.2, 0.25) is 0 Å². The number of hydrogen-bond donors (Lipinski definition) is 2. The van der Waals surface area contributed by atoms with Crippen LogP contribution in [-0.2, 0) is 0 Å². The van der Waals surface area contributed by atoms with E-state index in [0.29, 0.717) is 12.1 Å². The van der Waals surface area contributed by atoms with Crippen molar-refractivity contribution in [3.63, 3.8) is 0 Å². The van der Waals surface area contributed by atoms with E-state index in [0.717, 1.165) is 17.9 Å². The summed E-state index contributed by atoms with van der Waals surface area (Å²) in [5.41, 5.74) is 0.821. The van der Waals surface area contributed by atoms with Gasteiger partial charge in [0.1, 0.15) is 5.82 Å². The molecule has 1 aromatic rings. The van der Waals surface area contributed by atoms with E-state index in [1.807, 2.05) is 12.1 Å². The van der Waals surface area contributed by atoms with Gasteiger partial charge in [-0.2, -0.15) is 0 Å². The number of halogens is 2. The van der Waals surface area contributed by atoms with Crippen molar-refractivity contribution in [3.8, 4) is 0 Å². The molecule has 2 aliphatic rings. The van der Waals surface area contributed by atoms with Gasteiger partial charge in [0.25, 0.3) is 0 Å². The molecule has 2 unspecified atom stereocenters. The Morgan fingerprint density at radius 2 is 1.90 bits per heavy atom. The monoisotopic (exact) mass is 403 g/mol. The molecule has 2 N–H and O–H groups in total. The van der Waals surface area contributed by atoms with Gasteiger partial charge >= 0.3 is 0 Å². The van der Waals surface area contributed by atoms with Crippen LogP contribution >= 0.6 is 24.0 Å². The van der Waals surface area contributed by atoms with Gasteiger partial charge in [-0.05, 0) is 30.9 Å². The molecule has 0 heterocycles. The van der Waals surface area contributed by atoms with Gasteiger partial charge in [0.05, 0.1) is 0 Å². The molecule has 116 valence electrons. The Hall–Kier alpha value is -0.850. The number of rotatable bonds is 3. The lowest BCUT2D eigenvalue weighted by Gasteiger charge is -2.17. The molecule has 2 atom stereocenters. The fourth-order valence-corrected chi connectivity index (χ4v) is 3.08. The summed E-state index contributed by atoms with van der Waals surface area (Å²) in [5, 5.41) is 6.88. The predicted octanol–water partition coefficient (Wildman–Crippen LogP) is 3.41. The highest BCUT2D eigenvalue weighted by atomic mass is 127. The first kappa shape index (κ1) is 16.5. The molecule has 0 radical (unpaired) electrons. The van der Waals surface area contributed by atoms with Gasteiger partial charge in [0.15, 0.2) is 5.96 Å². The van der Waals surface area contributed by atoms with Crippen LogP contribution in [0.25, 0.3) is 0 Å². The first-order valence-electron chi connectivity index (χ1n) is 7.52. The van der Waals surface area contributed by atoms with E-state index in [9.17, 15) is 4.39 Å². The number of nitrogens with zero attached hydrogens (tertiary/aromatic N) is 1. The van der Waals surface area contributed by atoms with Crippen molar-refractivity contribution in [2.45, 2.75) is 50.1 Å². The second-order valence-electron chi connectivity index (χ2n) is 5.81. The van der Waals surface area contributed by atoms with Crippen LogP contribution in [0.15, 0.2) is 29.3 Å². The van der Waals surface area contributed by atoms with Crippen LogP contribution < -0.4 is 10.6 Å². The number of benzene rings is 1. The van der Waals surface area contributed by atoms with Crippen molar-refractivity contribution in [3.05, 3.63) is 35.6 Å². The second kappa shape index (κ2) is 7.42. The molecule has 3 nitrogen and oxygen atoms in total. The lowest BCUT2D eigenvalue weighted by molar-refractivity contribution is 0.601. The van der Waals surface area contributed by atoms with Gasteiger partial charge in [-0.25, -0.2) is 4.39 Å². The summed E-state index contributed by atoms with van der Waals surface area (Å²) >= 11 is 0. The highest BCUT2D eigenvalue weighted by molar-refractivity contribution is 14.0. The minimum absolute atomic E-state index is 0. The summed E-state index contributed by atoms with van der Waals surface area (Å²) < 4.78 is 13.7. The van der Waals surface area contributed by atoms with Crippen molar-refractivity contribution in [2.75, 3.05) is 7.05 Å². The second-order valence-corrected chi connectivity index (χ2v) is 5.81. The number of guanidine groups is 1. The third-order valence-electron chi connectivity index (χ3n) is 4.34. The first-order chi connectivity index (χ1) is 9.78. The Morgan fingerprint density at radius 3 is 2.57 bits per heavy atom. The molecule has 2 fully saturated rings. The Kier molecular flexibility index (Phi) is 5.84. The smallest absolute Gasteiger partial charge is 0.191 e. The van der Waals surface area contributed by atoms with Crippen molar-refractivity contribution < 1.29 is 4.39 Å². The summed E-state index contributed by atoms with van der Waals surface area (Å²) in [4.78, 5) is 4.28. The fraction of sp³-hybridized carbons (Fsp3) is 0.562. The molecule has 0 aromatic heterocycles. The van der Waals surface area contributed by atoms with E-state index in [4.69, 9.17) is 0 Å². The zero-order valence-corrected chi connectivity index (χ0v) is 14.6. The number of aliphatic imine (C=N–C) groups is 1. The Balaban J connectivity index is 0.00000161. The Bertz CT molecular complexity index is 500. The highest BCUT2D eigenvalue weighted by Gasteiger charge is 2.40. The third kappa shape index (κ3) is 4.08. The lowest BCUT2D eigenvalue weighted by atomic mass is 10.1. The molecule has 0 amide bonds. The standard InChI is InChI=1S/C16H22FN3.HI/c1-18-16(19-11-6-2-3-7-11)20-15-10-13(15)12-8-4-5-9-14(12)17;/h4-5,8-9,11,13,15H,2-3,6-7,10H2,1H3,(H2,18,19,20);1H. The number of nitrogens with one attached hydrogen (secondary N) is 2. The maximum Gasteiger partial charge on any atom is 0.191 e. The van der Waals surface area contributed by atoms with E-state index in [2.05, 4.69) is 15.6 Å². The quantitative estimate of drug-likeness (QED) is 0.461. The molecular formula is C16H23FIN3. The summed E-state index contributed by atoms with van der Waals surface area (Å²) in [6, 6.07) is 7.92. The molecule has 0 aliphatic heterocycles. The van der Waals surface area contributed by atoms with E-state index < -0.39 is 0 Å². The summed E-state index contributed by atoms with van der Waals surface area (Å²) in [7, 11) is 1.80. The maximum absolute atomic E-state index is 13.7. The van der Waals surface area contributed by atoms with Gasteiger partial charge in [-0.15, -0.1) is 24.0 Å². The van der Waals surface area contributed by atoms with Crippen LogP contribution in [0.4, 0.5) is 4.39 Å². The van der Waals surface area contributed by atoms with Gasteiger partial charge < -0.3 is 10.6 Å². The zero-order valence-electron chi connectivity index (χ0n) is 12.3. The molecule has 2 aliphatic carbocycles. The van der Waals surface area contributed by atoms with Crippen LogP contribution in [0.3, 0.4) is 0 Å². The average Bonchev–Trinajstić information content (AvgIpc) is 3.01. The molecule has 0 bridgehead atoms. The van der Waals surface area contributed by atoms with Crippen LogP contribution in [0.1, 0.15) is 43.6 Å². The van der Waals surface area contributed by atoms with Gasteiger partial charge in [-0.3, -0.25) is 4.99 Å². The van der Waals surface area contributed by atoms with Crippen LogP contribution in [0, 0.1) is 5.82 Å². The predicted molar refractivity (Wildman–Crippen MR) is 94.8 cm³/mol. The van der Waals surface area contributed by atoms with Crippen molar-refractivity contribution in [2.24, 2.45) is 4.99 Å². The van der Waals surface area contributed by atoms with E-state index in [1.165, 1.54) is 31.7 Å². The fourth-order valence-electron chi connectivity index (χ4n) is 3.08. The van der Waals surface area contributed by atoms with E-state index in [1.54, 1.807) is 13.1 Å². The van der Waals surface area contributed by atoms with Gasteiger partial charge in [0, 0.05) is 25.0 Å². The maximum atomic E-state index is 13.7. The van der Waals surface area contributed by atoms with Crippen LogP contribution in [0.2, 0.25) is 0 Å². The van der Waals surface area contributed by atoms with Crippen LogP contribution in [-0.4, -0.2) is 25.1 Å². The van der Waals surface area contributed by atoms with Crippen LogP contribution in [0.5, 0.6) is 0 Å². The van der Waals surface area contributed by atoms with E-state index >= 15 is 0 Å². The van der Waals surface area contributed by atoms with Crippen molar-refractivity contribution >= 4 is 29.9 Å². The minimum Gasteiger partial charge on any atom is -0.354 e. The molecule has 0 spiro atoms. The molecular weight excluding hydrogens is 380 g/mol. The third-order valence-corrected chi connectivity index (χ3v) is 4.34. The van der Waals surface area contributed by atoms with E-state index in [-0.39, 0.29) is 35.7 Å². The highest BCUT2D eigenvalue weighted by Crippen LogP contribution is 2.41. The minimum atomic E-state index is -0.0967. The molecule has 5 heteroatoms. The van der Waals surface area contributed by atoms with Crippen molar-refractivity contribution in [1.82, 2.24) is 10.6 Å². The molecule has 0 saturated heterocycles. The molecule has 21 heavy (non-hydrogen) atoms. The zero-order chi connectivity index (χ0) is 13.9. The first-order valence-corrected chi connectivity index (χ1v) is 7.52. The Morgan fingerprint density at radius 1 is 1.19 bits per heavy atom. The normalized spacial score (nSPS) is 25.3. The molecule has 2 saturated carbocycles. The summed E-state index contributed by atoms with van der Waals surface area (Å²) in [5.74, 6) is 1.04. The lowest BCUT2D eigenvalue weighted by Crippen LogP contribution is -2.43. The summed E-state index contributed by atoms with van der Waals surface area (Å²) in [6.45, 7) is 0. The molecule has 1 aromatic carbocycles. The van der Waals surface area contributed by atoms with Gasteiger partial charge in [-0.1, -0.05) is 31.0 Å². The average molecular weight is 403 g/mol. The largest absolute Gasteiger partial charge is 0.354 e. The Labute approximate surface area is 142 Å². The topological polar surface area (TPSA) is 36.4 Å². The van der Waals surface area contributed by atoms with Crippen molar-refractivity contribution in [1.29, 1.82) is 0 Å². The summed E-state index contributed by atoms with van der Waals surface area (Å²) in [6.07, 6.45) is 6.03. The molecule has 3 rings (SSSR count).